The van der Waals surface area contributed by atoms with Crippen molar-refractivity contribution in [2.45, 2.75) is 20.0 Å². The van der Waals surface area contributed by atoms with E-state index in [1.54, 1.807) is 0 Å². The average molecular weight is 255 g/mol. The van der Waals surface area contributed by atoms with Gasteiger partial charge in [0.05, 0.1) is 0 Å². The molecule has 0 saturated carbocycles. The number of likely N-dealkylation sites (N-methyl/N-ethyl adjacent to an activating group) is 1. The third-order valence-corrected chi connectivity index (χ3v) is 3.17. The Kier molecular flexibility index (Phi) is 4.99. The number of aryl methyl sites for hydroxylation is 1. The highest BCUT2D eigenvalue weighted by atomic mass is 16.5. The monoisotopic (exact) mass is 255 g/mol. The third-order valence-electron chi connectivity index (χ3n) is 3.17. The molecule has 2 heteroatoms. The van der Waals surface area contributed by atoms with Crippen molar-refractivity contribution in [1.29, 1.82) is 0 Å². The van der Waals surface area contributed by atoms with Crippen molar-refractivity contribution in [3.63, 3.8) is 0 Å². The van der Waals surface area contributed by atoms with Crippen LogP contribution in [0.4, 0.5) is 0 Å². The minimum absolute atomic E-state index is 0.622. The van der Waals surface area contributed by atoms with Gasteiger partial charge in [-0.2, -0.15) is 0 Å². The zero-order valence-electron chi connectivity index (χ0n) is 11.6. The second kappa shape index (κ2) is 6.95. The largest absolute Gasteiger partial charge is 0.489 e. The number of para-hydroxylation sites is 1. The molecule has 2 rings (SSSR count). The van der Waals surface area contributed by atoms with Crippen LogP contribution in [0.3, 0.4) is 0 Å². The van der Waals surface area contributed by atoms with E-state index in [4.69, 9.17) is 4.74 Å². The molecule has 0 spiro atoms. The van der Waals surface area contributed by atoms with Crippen LogP contribution in [0.5, 0.6) is 5.75 Å². The molecular formula is C17H21NO. The zero-order chi connectivity index (χ0) is 13.5. The second-order valence-electron chi connectivity index (χ2n) is 4.72. The standard InChI is InChI=1S/C17H21NO/c1-14-5-3-4-6-17(14)19-13-16-9-7-15(8-10-16)11-12-18-2/h3-10,18H,11-13H2,1-2H3. The number of rotatable bonds is 6. The average Bonchev–Trinajstić information content (AvgIpc) is 2.45. The fourth-order valence-corrected chi connectivity index (χ4v) is 1.95. The maximum Gasteiger partial charge on any atom is 0.122 e. The first-order valence-corrected chi connectivity index (χ1v) is 6.70. The number of hydrogen-bond acceptors (Lipinski definition) is 2. The molecule has 0 aliphatic carbocycles. The summed E-state index contributed by atoms with van der Waals surface area (Å²) in [5, 5.41) is 3.16. The lowest BCUT2D eigenvalue weighted by Crippen LogP contribution is -2.10. The molecule has 0 radical (unpaired) electrons. The molecule has 0 bridgehead atoms. The third kappa shape index (κ3) is 4.11. The molecule has 0 aromatic heterocycles. The van der Waals surface area contributed by atoms with Gasteiger partial charge in [0.1, 0.15) is 12.4 Å². The summed E-state index contributed by atoms with van der Waals surface area (Å²) in [6.45, 7) is 3.70. The molecule has 0 unspecified atom stereocenters. The quantitative estimate of drug-likeness (QED) is 0.855. The summed E-state index contributed by atoms with van der Waals surface area (Å²) in [6, 6.07) is 16.7. The molecule has 0 heterocycles. The zero-order valence-corrected chi connectivity index (χ0v) is 11.6. The molecule has 1 N–H and O–H groups in total. The summed E-state index contributed by atoms with van der Waals surface area (Å²) in [4.78, 5) is 0. The van der Waals surface area contributed by atoms with E-state index < -0.39 is 0 Å². The van der Waals surface area contributed by atoms with E-state index in [-0.39, 0.29) is 0 Å². The molecule has 0 amide bonds. The van der Waals surface area contributed by atoms with Crippen LogP contribution in [-0.4, -0.2) is 13.6 Å². The highest BCUT2D eigenvalue weighted by Crippen LogP contribution is 2.18. The molecule has 0 aliphatic heterocycles. The number of benzene rings is 2. The molecule has 2 aromatic rings. The van der Waals surface area contributed by atoms with Gasteiger partial charge in [0, 0.05) is 0 Å². The van der Waals surface area contributed by atoms with E-state index >= 15 is 0 Å². The maximum atomic E-state index is 5.83. The predicted octanol–water partition coefficient (Wildman–Crippen LogP) is 3.34. The Balaban J connectivity index is 1.91. The van der Waals surface area contributed by atoms with Crippen LogP contribution < -0.4 is 10.1 Å². The van der Waals surface area contributed by atoms with Gasteiger partial charge in [0.15, 0.2) is 0 Å². The predicted molar refractivity (Wildman–Crippen MR) is 79.6 cm³/mol. The molecular weight excluding hydrogens is 234 g/mol. The van der Waals surface area contributed by atoms with E-state index in [9.17, 15) is 0 Å². The van der Waals surface area contributed by atoms with Gasteiger partial charge in [-0.05, 0) is 49.7 Å². The molecule has 19 heavy (non-hydrogen) atoms. The van der Waals surface area contributed by atoms with Crippen molar-refractivity contribution in [2.24, 2.45) is 0 Å². The fourth-order valence-electron chi connectivity index (χ4n) is 1.95. The van der Waals surface area contributed by atoms with Crippen LogP contribution in [-0.2, 0) is 13.0 Å². The molecule has 2 aromatic carbocycles. The topological polar surface area (TPSA) is 21.3 Å². The first-order chi connectivity index (χ1) is 9.29. The molecule has 0 aliphatic rings. The van der Waals surface area contributed by atoms with Gasteiger partial charge < -0.3 is 10.1 Å². The van der Waals surface area contributed by atoms with E-state index in [1.165, 1.54) is 16.7 Å². The lowest BCUT2D eigenvalue weighted by Gasteiger charge is -2.09. The van der Waals surface area contributed by atoms with Gasteiger partial charge >= 0.3 is 0 Å². The number of ether oxygens (including phenoxy) is 1. The van der Waals surface area contributed by atoms with Crippen LogP contribution in [0, 0.1) is 6.92 Å². The van der Waals surface area contributed by atoms with Gasteiger partial charge in [0.2, 0.25) is 0 Å². The lowest BCUT2D eigenvalue weighted by molar-refractivity contribution is 0.304. The highest BCUT2D eigenvalue weighted by Gasteiger charge is 1.99. The Morgan fingerprint density at radius 1 is 0.947 bits per heavy atom. The SMILES string of the molecule is CNCCc1ccc(COc2ccccc2C)cc1. The van der Waals surface area contributed by atoms with E-state index in [0.29, 0.717) is 6.61 Å². The highest BCUT2D eigenvalue weighted by molar-refractivity contribution is 5.32. The lowest BCUT2D eigenvalue weighted by atomic mass is 10.1. The van der Waals surface area contributed by atoms with Gasteiger partial charge in [-0.15, -0.1) is 0 Å². The van der Waals surface area contributed by atoms with Gasteiger partial charge in [-0.3, -0.25) is 0 Å². The summed E-state index contributed by atoms with van der Waals surface area (Å²) in [5.74, 6) is 0.960. The Morgan fingerprint density at radius 3 is 2.32 bits per heavy atom. The van der Waals surface area contributed by atoms with Crippen molar-refractivity contribution in [1.82, 2.24) is 5.32 Å². The van der Waals surface area contributed by atoms with Crippen LogP contribution in [0.25, 0.3) is 0 Å². The van der Waals surface area contributed by atoms with E-state index in [2.05, 4.69) is 42.6 Å². The minimum atomic E-state index is 0.622. The van der Waals surface area contributed by atoms with Gasteiger partial charge in [-0.25, -0.2) is 0 Å². The van der Waals surface area contributed by atoms with Crippen LogP contribution in [0.2, 0.25) is 0 Å². The Bertz CT molecular complexity index is 505. The Morgan fingerprint density at radius 2 is 1.63 bits per heavy atom. The van der Waals surface area contributed by atoms with Crippen LogP contribution in [0.15, 0.2) is 48.5 Å². The van der Waals surface area contributed by atoms with Crippen molar-refractivity contribution in [3.8, 4) is 5.75 Å². The Labute approximate surface area is 115 Å². The van der Waals surface area contributed by atoms with Gasteiger partial charge in [0.25, 0.3) is 0 Å². The van der Waals surface area contributed by atoms with Crippen LogP contribution in [0.1, 0.15) is 16.7 Å². The number of hydrogen-bond donors (Lipinski definition) is 1. The van der Waals surface area contributed by atoms with Crippen molar-refractivity contribution in [2.75, 3.05) is 13.6 Å². The molecule has 0 saturated heterocycles. The Hall–Kier alpha value is -1.80. The first-order valence-electron chi connectivity index (χ1n) is 6.70. The van der Waals surface area contributed by atoms with Crippen LogP contribution >= 0.6 is 0 Å². The first kappa shape index (κ1) is 13.6. The fraction of sp³-hybridized carbons (Fsp3) is 0.294. The van der Waals surface area contributed by atoms with Crippen molar-refractivity contribution >= 4 is 0 Å². The summed E-state index contributed by atoms with van der Waals surface area (Å²) in [7, 11) is 1.98. The summed E-state index contributed by atoms with van der Waals surface area (Å²) >= 11 is 0. The summed E-state index contributed by atoms with van der Waals surface area (Å²) < 4.78 is 5.83. The minimum Gasteiger partial charge on any atom is -0.489 e. The van der Waals surface area contributed by atoms with Crippen molar-refractivity contribution < 1.29 is 4.74 Å². The molecule has 100 valence electrons. The van der Waals surface area contributed by atoms with E-state index in [1.807, 2.05) is 25.2 Å². The molecule has 0 fully saturated rings. The van der Waals surface area contributed by atoms with Gasteiger partial charge in [-0.1, -0.05) is 42.5 Å². The van der Waals surface area contributed by atoms with Crippen molar-refractivity contribution in [3.05, 3.63) is 65.2 Å². The molecule has 0 atom stereocenters. The molecule has 2 nitrogen and oxygen atoms in total. The smallest absolute Gasteiger partial charge is 0.122 e. The summed E-state index contributed by atoms with van der Waals surface area (Å²) in [6.07, 6.45) is 1.06. The maximum absolute atomic E-state index is 5.83. The van der Waals surface area contributed by atoms with E-state index in [0.717, 1.165) is 18.7 Å². The number of nitrogens with one attached hydrogen (secondary N) is 1. The summed E-state index contributed by atoms with van der Waals surface area (Å²) in [5.41, 5.74) is 3.73. The second-order valence-corrected chi connectivity index (χ2v) is 4.72. The normalized spacial score (nSPS) is 10.4.